The Balaban J connectivity index is 2.15. The Morgan fingerprint density at radius 1 is 1.33 bits per heavy atom. The van der Waals surface area contributed by atoms with Crippen molar-refractivity contribution >= 4 is 17.1 Å². The first kappa shape index (κ1) is 16.5. The highest BCUT2D eigenvalue weighted by Crippen LogP contribution is 2.20. The topological polar surface area (TPSA) is 80.4 Å². The third kappa shape index (κ3) is 2.77. The fourth-order valence-electron chi connectivity index (χ4n) is 3.26. The van der Waals surface area contributed by atoms with Gasteiger partial charge in [-0.05, 0) is 13.8 Å². The molecule has 1 aliphatic rings. The molecule has 2 aromatic heterocycles. The second kappa shape index (κ2) is 6.27. The maximum absolute atomic E-state index is 12.4. The van der Waals surface area contributed by atoms with E-state index in [1.54, 1.807) is 11.9 Å². The summed E-state index contributed by atoms with van der Waals surface area (Å²) in [5.74, 6) is 0.745. The van der Waals surface area contributed by atoms with Gasteiger partial charge in [0.05, 0.1) is 32.7 Å². The van der Waals surface area contributed by atoms with E-state index in [4.69, 9.17) is 0 Å². The first-order valence-electron chi connectivity index (χ1n) is 8.34. The lowest BCUT2D eigenvalue weighted by atomic mass is 10.3. The van der Waals surface area contributed by atoms with Gasteiger partial charge in [0.15, 0.2) is 11.2 Å². The highest BCUT2D eigenvalue weighted by molar-refractivity contribution is 5.74. The maximum Gasteiger partial charge on any atom is 0.329 e. The van der Waals surface area contributed by atoms with Crippen LogP contribution in [0.2, 0.25) is 0 Å². The monoisotopic (exact) mass is 333 g/mol. The van der Waals surface area contributed by atoms with Crippen LogP contribution in [0.4, 0.5) is 5.95 Å². The SMILES string of the molecule is C=C(C)Cn1c(N2CC[NH+](CC)CC2)nc2c1c(=O)[nH]c(=O)n2C. The van der Waals surface area contributed by atoms with Gasteiger partial charge in [0.25, 0.3) is 5.56 Å². The van der Waals surface area contributed by atoms with Crippen molar-refractivity contribution in [1.82, 2.24) is 19.1 Å². The van der Waals surface area contributed by atoms with Crippen LogP contribution < -0.4 is 21.0 Å². The molecule has 2 N–H and O–H groups in total. The highest BCUT2D eigenvalue weighted by atomic mass is 16.2. The van der Waals surface area contributed by atoms with E-state index in [1.807, 2.05) is 11.5 Å². The third-order valence-corrected chi connectivity index (χ3v) is 4.67. The predicted molar refractivity (Wildman–Crippen MR) is 93.9 cm³/mol. The molecule has 8 nitrogen and oxygen atoms in total. The molecular formula is C16H25N6O2+. The van der Waals surface area contributed by atoms with Gasteiger partial charge in [0, 0.05) is 13.6 Å². The summed E-state index contributed by atoms with van der Waals surface area (Å²) in [5.41, 5.74) is 0.942. The van der Waals surface area contributed by atoms with Crippen molar-refractivity contribution in [1.29, 1.82) is 0 Å². The van der Waals surface area contributed by atoms with E-state index in [0.29, 0.717) is 17.7 Å². The number of aromatic nitrogens is 4. The summed E-state index contributed by atoms with van der Waals surface area (Å²) in [5, 5.41) is 0. The summed E-state index contributed by atoms with van der Waals surface area (Å²) in [4.78, 5) is 35.0. The van der Waals surface area contributed by atoms with Gasteiger partial charge in [-0.2, -0.15) is 4.98 Å². The number of hydrogen-bond acceptors (Lipinski definition) is 4. The van der Waals surface area contributed by atoms with E-state index in [2.05, 4.69) is 28.4 Å². The van der Waals surface area contributed by atoms with Crippen molar-refractivity contribution < 1.29 is 4.90 Å². The van der Waals surface area contributed by atoms with Gasteiger partial charge in [0.2, 0.25) is 5.95 Å². The van der Waals surface area contributed by atoms with Crippen LogP contribution in [-0.2, 0) is 13.6 Å². The molecule has 24 heavy (non-hydrogen) atoms. The molecule has 1 fully saturated rings. The minimum absolute atomic E-state index is 0.397. The van der Waals surface area contributed by atoms with Crippen LogP contribution in [0.3, 0.4) is 0 Å². The van der Waals surface area contributed by atoms with Gasteiger partial charge < -0.3 is 14.4 Å². The Labute approximate surface area is 140 Å². The van der Waals surface area contributed by atoms with E-state index < -0.39 is 11.2 Å². The number of piperazine rings is 1. The van der Waals surface area contributed by atoms with Gasteiger partial charge in [-0.1, -0.05) is 12.2 Å². The van der Waals surface area contributed by atoms with Crippen molar-refractivity contribution in [3.8, 4) is 0 Å². The van der Waals surface area contributed by atoms with Crippen LogP contribution in [-0.4, -0.2) is 51.8 Å². The van der Waals surface area contributed by atoms with E-state index in [1.165, 1.54) is 4.57 Å². The molecule has 0 atom stereocenters. The lowest BCUT2D eigenvalue weighted by molar-refractivity contribution is -0.898. The van der Waals surface area contributed by atoms with Gasteiger partial charge in [-0.3, -0.25) is 14.3 Å². The molecule has 1 saturated heterocycles. The fourth-order valence-corrected chi connectivity index (χ4v) is 3.26. The van der Waals surface area contributed by atoms with E-state index in [-0.39, 0.29) is 0 Å². The van der Waals surface area contributed by atoms with Gasteiger partial charge in [0.1, 0.15) is 0 Å². The number of rotatable bonds is 4. The first-order valence-corrected chi connectivity index (χ1v) is 8.34. The van der Waals surface area contributed by atoms with Crippen molar-refractivity contribution in [3.05, 3.63) is 33.0 Å². The number of likely N-dealkylation sites (N-methyl/N-ethyl adjacent to an activating group) is 1. The smallest absolute Gasteiger partial charge is 0.329 e. The molecule has 1 aliphatic heterocycles. The summed E-state index contributed by atoms with van der Waals surface area (Å²) in [6, 6.07) is 0. The van der Waals surface area contributed by atoms with Crippen LogP contribution in [0.15, 0.2) is 21.7 Å². The lowest BCUT2D eigenvalue weighted by Gasteiger charge is -2.32. The Bertz CT molecular complexity index is 882. The van der Waals surface area contributed by atoms with Crippen molar-refractivity contribution in [2.75, 3.05) is 37.6 Å². The minimum Gasteiger partial charge on any atom is -0.332 e. The number of quaternary nitrogens is 1. The molecule has 0 bridgehead atoms. The lowest BCUT2D eigenvalue weighted by Crippen LogP contribution is -3.14. The Morgan fingerprint density at radius 3 is 2.58 bits per heavy atom. The Morgan fingerprint density at radius 2 is 2.00 bits per heavy atom. The first-order chi connectivity index (χ1) is 11.4. The molecule has 0 unspecified atom stereocenters. The fraction of sp³-hybridized carbons (Fsp3) is 0.562. The zero-order valence-corrected chi connectivity index (χ0v) is 14.6. The molecule has 3 rings (SSSR count). The average Bonchev–Trinajstić information content (AvgIpc) is 2.92. The van der Waals surface area contributed by atoms with Crippen molar-refractivity contribution in [3.63, 3.8) is 0 Å². The molecule has 8 heteroatoms. The van der Waals surface area contributed by atoms with E-state index in [0.717, 1.165) is 44.2 Å². The zero-order valence-electron chi connectivity index (χ0n) is 14.6. The number of hydrogen-bond donors (Lipinski definition) is 2. The Kier molecular flexibility index (Phi) is 4.31. The number of imidazole rings is 1. The highest BCUT2D eigenvalue weighted by Gasteiger charge is 2.25. The third-order valence-electron chi connectivity index (χ3n) is 4.67. The molecule has 0 amide bonds. The number of aromatic amines is 1. The van der Waals surface area contributed by atoms with Crippen LogP contribution in [0.1, 0.15) is 13.8 Å². The van der Waals surface area contributed by atoms with Crippen LogP contribution in [0.5, 0.6) is 0 Å². The number of nitrogens with one attached hydrogen (secondary N) is 2. The number of fused-ring (bicyclic) bond motifs is 1. The summed E-state index contributed by atoms with van der Waals surface area (Å²) in [7, 11) is 1.63. The largest absolute Gasteiger partial charge is 0.332 e. The second-order valence-electron chi connectivity index (χ2n) is 6.54. The van der Waals surface area contributed by atoms with Crippen molar-refractivity contribution in [2.45, 2.75) is 20.4 Å². The molecule has 3 heterocycles. The van der Waals surface area contributed by atoms with Gasteiger partial charge >= 0.3 is 5.69 Å². The normalized spacial score (nSPS) is 16.0. The molecule has 0 aliphatic carbocycles. The summed E-state index contributed by atoms with van der Waals surface area (Å²) in [6.07, 6.45) is 0. The molecule has 2 aromatic rings. The number of nitrogens with zero attached hydrogens (tertiary/aromatic N) is 4. The number of anilines is 1. The molecule has 0 radical (unpaired) electrons. The molecule has 0 saturated carbocycles. The Hall–Kier alpha value is -2.35. The standard InChI is InChI=1S/C16H24N6O2/c1-5-20-6-8-21(9-7-20)15-17-13-12(22(15)10-11(2)3)14(23)18-16(24)19(13)4/h2,5-10H2,1,3-4H3,(H,18,23,24)/p+1. The quantitative estimate of drug-likeness (QED) is 0.684. The summed E-state index contributed by atoms with van der Waals surface area (Å²) < 4.78 is 3.27. The van der Waals surface area contributed by atoms with E-state index in [9.17, 15) is 9.59 Å². The summed E-state index contributed by atoms with van der Waals surface area (Å²) >= 11 is 0. The number of allylic oxidation sites excluding steroid dienone is 1. The van der Waals surface area contributed by atoms with Crippen LogP contribution in [0.25, 0.3) is 11.2 Å². The van der Waals surface area contributed by atoms with Gasteiger partial charge in [-0.15, -0.1) is 0 Å². The number of aryl methyl sites for hydroxylation is 1. The van der Waals surface area contributed by atoms with E-state index >= 15 is 0 Å². The minimum atomic E-state index is -0.445. The molecule has 130 valence electrons. The second-order valence-corrected chi connectivity index (χ2v) is 6.54. The predicted octanol–water partition coefficient (Wildman–Crippen LogP) is -1.28. The molecule has 0 aromatic carbocycles. The number of H-pyrrole nitrogens is 1. The van der Waals surface area contributed by atoms with Crippen molar-refractivity contribution in [2.24, 2.45) is 7.05 Å². The molecular weight excluding hydrogens is 308 g/mol. The maximum atomic E-state index is 12.4. The molecule has 0 spiro atoms. The zero-order chi connectivity index (χ0) is 17.4. The van der Waals surface area contributed by atoms with Gasteiger partial charge in [-0.25, -0.2) is 4.79 Å². The van der Waals surface area contributed by atoms with Crippen LogP contribution >= 0.6 is 0 Å². The summed E-state index contributed by atoms with van der Waals surface area (Å²) in [6.45, 7) is 13.6. The average molecular weight is 333 g/mol. The van der Waals surface area contributed by atoms with Crippen LogP contribution in [0, 0.1) is 0 Å².